The van der Waals surface area contributed by atoms with Crippen molar-refractivity contribution in [3.8, 4) is 0 Å². The third-order valence-electron chi connectivity index (χ3n) is 2.04. The van der Waals surface area contributed by atoms with Gasteiger partial charge in [-0.3, -0.25) is 8.75 Å². The second kappa shape index (κ2) is 7.97. The maximum Gasteiger partial charge on any atom is 0.357 e. The molecule has 0 aliphatic carbocycles. The fourth-order valence-electron chi connectivity index (χ4n) is 1.26. The molecule has 0 N–H and O–H groups in total. The largest absolute Gasteiger partial charge is 0.357 e. The monoisotopic (exact) mass is 290 g/mol. The molecule has 0 saturated carbocycles. The minimum absolute atomic E-state index is 0.0484. The summed E-state index contributed by atoms with van der Waals surface area (Å²) in [4.78, 5) is 0.958. The molecule has 0 radical (unpaired) electrons. The molecule has 0 saturated heterocycles. The third-order valence-corrected chi connectivity index (χ3v) is 4.66. The van der Waals surface area contributed by atoms with Crippen molar-refractivity contribution in [1.82, 2.24) is 0 Å². The Kier molecular flexibility index (Phi) is 6.97. The van der Waals surface area contributed by atoms with Gasteiger partial charge in [0.05, 0.1) is 13.2 Å². The molecule has 1 aromatic carbocycles. The summed E-state index contributed by atoms with van der Waals surface area (Å²) >= 11 is 1.18. The van der Waals surface area contributed by atoms with Crippen LogP contribution < -0.4 is 0 Å². The first-order valence-corrected chi connectivity index (χ1v) is 8.31. The Hall–Kier alpha value is -0.320. The Morgan fingerprint density at radius 2 is 1.67 bits per heavy atom. The lowest BCUT2D eigenvalue weighted by atomic mass is 10.2. The van der Waals surface area contributed by atoms with Crippen LogP contribution in [0.25, 0.3) is 0 Å². The third kappa shape index (κ3) is 5.55. The number of aryl methyl sites for hydroxylation is 1. The Labute approximate surface area is 113 Å². The van der Waals surface area contributed by atoms with Gasteiger partial charge in [0, 0.05) is 16.9 Å². The van der Waals surface area contributed by atoms with Gasteiger partial charge in [-0.2, -0.15) is 0 Å². The molecule has 0 heterocycles. The summed E-state index contributed by atoms with van der Waals surface area (Å²) in [5.74, 6) is 0. The maximum atomic E-state index is 12.1. The maximum absolute atomic E-state index is 12.1. The van der Waals surface area contributed by atoms with Gasteiger partial charge in [0.25, 0.3) is 0 Å². The first kappa shape index (κ1) is 15.7. The van der Waals surface area contributed by atoms with E-state index in [0.29, 0.717) is 13.2 Å². The van der Waals surface area contributed by atoms with E-state index in [0.717, 1.165) is 4.90 Å². The van der Waals surface area contributed by atoms with E-state index in [4.69, 9.17) is 13.2 Å². The first-order chi connectivity index (χ1) is 8.59. The van der Waals surface area contributed by atoms with Crippen molar-refractivity contribution in [3.63, 3.8) is 0 Å². The lowest BCUT2D eigenvalue weighted by Crippen LogP contribution is -2.00. The molecule has 18 heavy (non-hydrogen) atoms. The van der Waals surface area contributed by atoms with Crippen LogP contribution >= 0.6 is 19.6 Å². The summed E-state index contributed by atoms with van der Waals surface area (Å²) in [6.45, 7) is 6.26. The Balaban J connectivity index is 2.43. The van der Waals surface area contributed by atoms with Gasteiger partial charge >= 0.3 is 7.60 Å². The van der Waals surface area contributed by atoms with Gasteiger partial charge in [0.2, 0.25) is 0 Å². The molecule has 0 amide bonds. The van der Waals surface area contributed by atoms with Crippen LogP contribution in [0.15, 0.2) is 29.2 Å². The Bertz CT molecular complexity index is 384. The van der Waals surface area contributed by atoms with E-state index in [1.54, 1.807) is 13.8 Å². The second-order valence-electron chi connectivity index (χ2n) is 3.59. The molecule has 0 aromatic heterocycles. The molecular formula is C12H19O4PS. The fraction of sp³-hybridized carbons (Fsp3) is 0.500. The molecule has 1 aromatic rings. The van der Waals surface area contributed by atoms with Gasteiger partial charge in [0.15, 0.2) is 6.35 Å². The van der Waals surface area contributed by atoms with Gasteiger partial charge in [0.1, 0.15) is 0 Å². The number of rotatable bonds is 8. The summed E-state index contributed by atoms with van der Waals surface area (Å²) in [5, 5.41) is 0. The van der Waals surface area contributed by atoms with Gasteiger partial charge in [-0.25, -0.2) is 0 Å². The molecule has 0 fully saturated rings. The van der Waals surface area contributed by atoms with Crippen LogP contribution in [0.4, 0.5) is 0 Å². The molecule has 4 nitrogen and oxygen atoms in total. The summed E-state index contributed by atoms with van der Waals surface area (Å²) in [5.41, 5.74) is 1.19. The summed E-state index contributed by atoms with van der Waals surface area (Å²) in [7, 11) is -3.11. The molecular weight excluding hydrogens is 271 g/mol. The van der Waals surface area contributed by atoms with Crippen molar-refractivity contribution in [2.75, 3.05) is 19.6 Å². The summed E-state index contributed by atoms with van der Waals surface area (Å²) < 4.78 is 27.7. The fourth-order valence-corrected chi connectivity index (χ4v) is 3.38. The molecule has 0 atom stereocenters. The smallest absolute Gasteiger partial charge is 0.307 e. The van der Waals surface area contributed by atoms with Crippen LogP contribution in [0.1, 0.15) is 19.4 Å². The molecule has 0 spiro atoms. The highest BCUT2D eigenvalue weighted by Gasteiger charge is 2.24. The summed E-state index contributed by atoms with van der Waals surface area (Å²) in [6, 6.07) is 7.89. The van der Waals surface area contributed by atoms with E-state index in [-0.39, 0.29) is 6.35 Å². The van der Waals surface area contributed by atoms with Crippen LogP contribution in [-0.2, 0) is 17.8 Å². The Morgan fingerprint density at radius 3 is 2.17 bits per heavy atom. The molecule has 1 rings (SSSR count). The normalized spacial score (nSPS) is 11.7. The number of benzene rings is 1. The zero-order valence-electron chi connectivity index (χ0n) is 10.9. The molecule has 6 heteroatoms. The van der Waals surface area contributed by atoms with Crippen LogP contribution in [0.3, 0.4) is 0 Å². The van der Waals surface area contributed by atoms with Crippen molar-refractivity contribution in [1.29, 1.82) is 0 Å². The molecule has 0 aliphatic rings. The highest BCUT2D eigenvalue weighted by atomic mass is 32.2. The zero-order chi connectivity index (χ0) is 13.4. The van der Waals surface area contributed by atoms with Crippen LogP contribution in [0.5, 0.6) is 0 Å². The van der Waals surface area contributed by atoms with Gasteiger partial charge in [-0.05, 0) is 32.9 Å². The predicted molar refractivity (Wildman–Crippen MR) is 73.8 cm³/mol. The minimum atomic E-state index is -3.11. The SMILES string of the molecule is CCOP(=O)(COSc1ccc(C)cc1)OCC. The molecule has 0 bridgehead atoms. The van der Waals surface area contributed by atoms with Gasteiger partial charge in [-0.1, -0.05) is 17.7 Å². The molecule has 0 aliphatic heterocycles. The van der Waals surface area contributed by atoms with Crippen LogP contribution in [0.2, 0.25) is 0 Å². The van der Waals surface area contributed by atoms with Crippen LogP contribution in [-0.4, -0.2) is 19.6 Å². The lowest BCUT2D eigenvalue weighted by Gasteiger charge is -2.16. The predicted octanol–water partition coefficient (Wildman–Crippen LogP) is 4.24. The first-order valence-electron chi connectivity index (χ1n) is 5.84. The van der Waals surface area contributed by atoms with Gasteiger partial charge < -0.3 is 9.05 Å². The van der Waals surface area contributed by atoms with E-state index in [1.165, 1.54) is 17.6 Å². The topological polar surface area (TPSA) is 44.8 Å². The molecule has 0 unspecified atom stereocenters. The van der Waals surface area contributed by atoms with E-state index < -0.39 is 7.60 Å². The Morgan fingerprint density at radius 1 is 1.11 bits per heavy atom. The molecule has 102 valence electrons. The zero-order valence-corrected chi connectivity index (χ0v) is 12.6. The van der Waals surface area contributed by atoms with E-state index in [2.05, 4.69) is 0 Å². The number of hydrogen-bond acceptors (Lipinski definition) is 5. The highest BCUT2D eigenvalue weighted by Crippen LogP contribution is 2.49. The van der Waals surface area contributed by atoms with Crippen molar-refractivity contribution < 1.29 is 17.8 Å². The highest BCUT2D eigenvalue weighted by molar-refractivity contribution is 7.94. The van der Waals surface area contributed by atoms with Crippen molar-refractivity contribution in [3.05, 3.63) is 29.8 Å². The van der Waals surface area contributed by atoms with Crippen molar-refractivity contribution in [2.45, 2.75) is 25.7 Å². The second-order valence-corrected chi connectivity index (χ2v) is 6.46. The van der Waals surface area contributed by atoms with Crippen molar-refractivity contribution in [2.24, 2.45) is 0 Å². The average molecular weight is 290 g/mol. The van der Waals surface area contributed by atoms with Gasteiger partial charge in [-0.15, -0.1) is 0 Å². The quantitative estimate of drug-likeness (QED) is 0.529. The average Bonchev–Trinajstić information content (AvgIpc) is 2.32. The van der Waals surface area contributed by atoms with E-state index in [1.807, 2.05) is 31.2 Å². The minimum Gasteiger partial charge on any atom is -0.307 e. The van der Waals surface area contributed by atoms with E-state index >= 15 is 0 Å². The number of hydrogen-bond donors (Lipinski definition) is 0. The lowest BCUT2D eigenvalue weighted by molar-refractivity contribution is 0.202. The van der Waals surface area contributed by atoms with Crippen LogP contribution in [0, 0.1) is 6.92 Å². The summed E-state index contributed by atoms with van der Waals surface area (Å²) in [6.07, 6.45) is -0.0484. The van der Waals surface area contributed by atoms with Crippen molar-refractivity contribution >= 4 is 19.6 Å². The standard InChI is InChI=1S/C12H19O4PS/c1-4-14-17(13,15-5-2)10-16-18-12-8-6-11(3)7-9-12/h6-9H,4-5,10H2,1-3H3. The van der Waals surface area contributed by atoms with E-state index in [9.17, 15) is 4.57 Å².